The minimum absolute atomic E-state index is 0.00901. The van der Waals surface area contributed by atoms with Crippen LogP contribution in [0.3, 0.4) is 0 Å². The Hall–Kier alpha value is -1.61. The second-order valence-corrected chi connectivity index (χ2v) is 7.46. The fourth-order valence-corrected chi connectivity index (χ4v) is 4.48. The molecule has 3 rings (SSSR count). The average Bonchev–Trinajstić information content (AvgIpc) is 2.91. The first-order valence-electron chi connectivity index (χ1n) is 7.28. The van der Waals surface area contributed by atoms with E-state index in [1.54, 1.807) is 12.1 Å². The lowest BCUT2D eigenvalue weighted by molar-refractivity contribution is -0.183. The van der Waals surface area contributed by atoms with Crippen molar-refractivity contribution in [3.63, 3.8) is 0 Å². The number of nitrogens with zero attached hydrogens (tertiary/aromatic N) is 1. The molecule has 0 aromatic carbocycles. The minimum atomic E-state index is -4.28. The SMILES string of the molecule is O=S(=O)(N[C@@H]1CCC[C@H](C(F)(F)F)C1)c1c[nH]c2ncccc12. The van der Waals surface area contributed by atoms with Gasteiger partial charge in [0.1, 0.15) is 10.5 Å². The van der Waals surface area contributed by atoms with Gasteiger partial charge in [-0.3, -0.25) is 0 Å². The molecule has 0 bridgehead atoms. The Morgan fingerprint density at radius 3 is 2.83 bits per heavy atom. The van der Waals surface area contributed by atoms with E-state index in [0.29, 0.717) is 23.9 Å². The van der Waals surface area contributed by atoms with Gasteiger partial charge in [-0.1, -0.05) is 6.42 Å². The molecule has 2 atom stereocenters. The van der Waals surface area contributed by atoms with Gasteiger partial charge in [-0.2, -0.15) is 13.2 Å². The average molecular weight is 347 g/mol. The van der Waals surface area contributed by atoms with E-state index in [0.717, 1.165) is 0 Å². The Morgan fingerprint density at radius 2 is 2.09 bits per heavy atom. The minimum Gasteiger partial charge on any atom is -0.345 e. The number of nitrogens with one attached hydrogen (secondary N) is 2. The highest BCUT2D eigenvalue weighted by Crippen LogP contribution is 2.38. The normalized spacial score (nSPS) is 23.3. The molecule has 0 amide bonds. The van der Waals surface area contributed by atoms with Crippen molar-refractivity contribution in [3.05, 3.63) is 24.5 Å². The Kier molecular flexibility index (Phi) is 4.09. The second-order valence-electron chi connectivity index (χ2n) is 5.78. The molecule has 1 aliphatic rings. The van der Waals surface area contributed by atoms with Crippen molar-refractivity contribution < 1.29 is 21.6 Å². The third-order valence-electron chi connectivity index (χ3n) is 4.16. The summed E-state index contributed by atoms with van der Waals surface area (Å²) < 4.78 is 65.9. The predicted octanol–water partition coefficient (Wildman–Crippen LogP) is 2.96. The van der Waals surface area contributed by atoms with Gasteiger partial charge in [0.15, 0.2) is 0 Å². The van der Waals surface area contributed by atoms with E-state index in [1.807, 2.05) is 0 Å². The molecule has 1 aliphatic carbocycles. The van der Waals surface area contributed by atoms with E-state index in [1.165, 1.54) is 12.4 Å². The topological polar surface area (TPSA) is 74.8 Å². The summed E-state index contributed by atoms with van der Waals surface area (Å²) in [5.74, 6) is -1.45. The fraction of sp³-hybridized carbons (Fsp3) is 0.500. The molecule has 0 unspecified atom stereocenters. The number of sulfonamides is 1. The summed E-state index contributed by atoms with van der Waals surface area (Å²) in [5, 5.41) is 0.420. The van der Waals surface area contributed by atoms with Crippen molar-refractivity contribution >= 4 is 21.1 Å². The molecular weight excluding hydrogens is 331 g/mol. The maximum Gasteiger partial charge on any atom is 0.391 e. The highest BCUT2D eigenvalue weighted by molar-refractivity contribution is 7.89. The Labute approximate surface area is 131 Å². The Bertz CT molecular complexity index is 801. The number of rotatable bonds is 3. The van der Waals surface area contributed by atoms with Gasteiger partial charge < -0.3 is 4.98 Å². The molecular formula is C14H16F3N3O2S. The van der Waals surface area contributed by atoms with Crippen molar-refractivity contribution in [1.29, 1.82) is 0 Å². The first-order chi connectivity index (χ1) is 10.8. The first kappa shape index (κ1) is 16.3. The van der Waals surface area contributed by atoms with Crippen LogP contribution < -0.4 is 4.72 Å². The number of H-pyrrole nitrogens is 1. The van der Waals surface area contributed by atoms with Crippen LogP contribution in [0.1, 0.15) is 25.7 Å². The summed E-state index contributed by atoms with van der Waals surface area (Å²) in [7, 11) is -3.90. The molecule has 2 heterocycles. The molecule has 2 N–H and O–H groups in total. The van der Waals surface area contributed by atoms with Crippen LogP contribution in [0.2, 0.25) is 0 Å². The van der Waals surface area contributed by atoms with E-state index in [2.05, 4.69) is 14.7 Å². The number of aromatic amines is 1. The van der Waals surface area contributed by atoms with Gasteiger partial charge >= 0.3 is 6.18 Å². The van der Waals surface area contributed by atoms with Gasteiger partial charge in [0, 0.05) is 23.8 Å². The molecule has 126 valence electrons. The van der Waals surface area contributed by atoms with Crippen LogP contribution in [0.5, 0.6) is 0 Å². The third kappa shape index (κ3) is 3.35. The smallest absolute Gasteiger partial charge is 0.345 e. The number of halogens is 3. The zero-order valence-corrected chi connectivity index (χ0v) is 12.9. The number of aromatic nitrogens is 2. The molecule has 2 aromatic heterocycles. The van der Waals surface area contributed by atoms with Crippen molar-refractivity contribution in [2.75, 3.05) is 0 Å². The van der Waals surface area contributed by atoms with Crippen LogP contribution >= 0.6 is 0 Å². The number of pyridine rings is 1. The zero-order valence-electron chi connectivity index (χ0n) is 12.1. The van der Waals surface area contributed by atoms with Crippen LogP contribution in [0.15, 0.2) is 29.4 Å². The zero-order chi connectivity index (χ0) is 16.7. The lowest BCUT2D eigenvalue weighted by atomic mass is 9.86. The van der Waals surface area contributed by atoms with Crippen molar-refractivity contribution in [2.45, 2.75) is 42.8 Å². The molecule has 2 aromatic rings. The summed E-state index contributed by atoms with van der Waals surface area (Å²) in [6.07, 6.45) is -0.849. The Balaban J connectivity index is 1.81. The lowest BCUT2D eigenvalue weighted by Gasteiger charge is -2.30. The van der Waals surface area contributed by atoms with Gasteiger partial charge in [-0.15, -0.1) is 0 Å². The van der Waals surface area contributed by atoms with Crippen molar-refractivity contribution in [2.24, 2.45) is 5.92 Å². The molecule has 0 radical (unpaired) electrons. The van der Waals surface area contributed by atoms with Crippen LogP contribution in [-0.4, -0.2) is 30.6 Å². The number of hydrogen-bond donors (Lipinski definition) is 2. The van der Waals surface area contributed by atoms with Crippen LogP contribution in [0.25, 0.3) is 11.0 Å². The van der Waals surface area contributed by atoms with Gasteiger partial charge in [-0.05, 0) is 31.4 Å². The maximum absolute atomic E-state index is 12.8. The molecule has 0 saturated heterocycles. The molecule has 1 saturated carbocycles. The molecule has 0 aliphatic heterocycles. The summed E-state index contributed by atoms with van der Waals surface area (Å²) in [5.41, 5.74) is 0.421. The molecule has 23 heavy (non-hydrogen) atoms. The van der Waals surface area contributed by atoms with E-state index in [-0.39, 0.29) is 17.7 Å². The van der Waals surface area contributed by atoms with E-state index in [4.69, 9.17) is 0 Å². The monoisotopic (exact) mass is 347 g/mol. The highest BCUT2D eigenvalue weighted by atomic mass is 32.2. The van der Waals surface area contributed by atoms with Gasteiger partial charge in [-0.25, -0.2) is 18.1 Å². The van der Waals surface area contributed by atoms with E-state index >= 15 is 0 Å². The summed E-state index contributed by atoms with van der Waals surface area (Å²) in [4.78, 5) is 6.77. The summed E-state index contributed by atoms with van der Waals surface area (Å²) in [6.45, 7) is 0. The van der Waals surface area contributed by atoms with Crippen molar-refractivity contribution in [3.8, 4) is 0 Å². The third-order valence-corrected chi connectivity index (χ3v) is 5.72. The predicted molar refractivity (Wildman–Crippen MR) is 78.2 cm³/mol. The van der Waals surface area contributed by atoms with Gasteiger partial charge in [0.05, 0.1) is 5.92 Å². The van der Waals surface area contributed by atoms with Crippen LogP contribution in [-0.2, 0) is 10.0 Å². The van der Waals surface area contributed by atoms with Crippen molar-refractivity contribution in [1.82, 2.24) is 14.7 Å². The molecule has 1 fully saturated rings. The van der Waals surface area contributed by atoms with Crippen LogP contribution in [0, 0.1) is 5.92 Å². The number of hydrogen-bond acceptors (Lipinski definition) is 3. The van der Waals surface area contributed by atoms with E-state index in [9.17, 15) is 21.6 Å². The standard InChI is InChI=1S/C14H16F3N3O2S/c15-14(16,17)9-3-1-4-10(7-9)20-23(21,22)12-8-19-13-11(12)5-2-6-18-13/h2,5-6,8-10,20H,1,3-4,7H2,(H,18,19)/t9-,10+/m0/s1. The fourth-order valence-electron chi connectivity index (χ4n) is 3.03. The van der Waals surface area contributed by atoms with Gasteiger partial charge in [0.2, 0.25) is 10.0 Å². The van der Waals surface area contributed by atoms with Gasteiger partial charge in [0.25, 0.3) is 0 Å². The lowest BCUT2D eigenvalue weighted by Crippen LogP contribution is -2.41. The first-order valence-corrected chi connectivity index (χ1v) is 8.77. The summed E-state index contributed by atoms with van der Waals surface area (Å²) in [6, 6.07) is 2.50. The summed E-state index contributed by atoms with van der Waals surface area (Å²) >= 11 is 0. The molecule has 9 heteroatoms. The molecule has 5 nitrogen and oxygen atoms in total. The maximum atomic E-state index is 12.8. The quantitative estimate of drug-likeness (QED) is 0.896. The number of alkyl halides is 3. The van der Waals surface area contributed by atoms with E-state index < -0.39 is 28.2 Å². The van der Waals surface area contributed by atoms with Crippen LogP contribution in [0.4, 0.5) is 13.2 Å². The largest absolute Gasteiger partial charge is 0.391 e. The second kappa shape index (κ2) is 5.79. The Morgan fingerprint density at radius 1 is 1.30 bits per heavy atom. The molecule has 0 spiro atoms. The highest BCUT2D eigenvalue weighted by Gasteiger charge is 2.43. The number of fused-ring (bicyclic) bond motifs is 1.